The van der Waals surface area contributed by atoms with Gasteiger partial charge in [0.2, 0.25) is 0 Å². The second-order valence-electron chi connectivity index (χ2n) is 5.97. The Bertz CT molecular complexity index is 545. The van der Waals surface area contributed by atoms with Crippen LogP contribution in [0.5, 0.6) is 0 Å². The van der Waals surface area contributed by atoms with Gasteiger partial charge in [0.1, 0.15) is 0 Å². The van der Waals surface area contributed by atoms with Crippen molar-refractivity contribution < 1.29 is 4.79 Å². The van der Waals surface area contributed by atoms with Crippen LogP contribution in [0.4, 0.5) is 5.69 Å². The number of anilines is 1. The van der Waals surface area contributed by atoms with Crippen LogP contribution in [-0.4, -0.2) is 18.9 Å². The Labute approximate surface area is 127 Å². The number of nitrogens with zero attached hydrogens (tertiary/aromatic N) is 2. The van der Waals surface area contributed by atoms with Crippen LogP contribution >= 0.6 is 0 Å². The Kier molecular flexibility index (Phi) is 5.38. The lowest BCUT2D eigenvalue weighted by atomic mass is 9.96. The molecule has 1 aromatic rings. The molecule has 21 heavy (non-hydrogen) atoms. The summed E-state index contributed by atoms with van der Waals surface area (Å²) in [5.74, 6) is 0.878. The monoisotopic (exact) mass is 284 g/mol. The molecule has 3 nitrogen and oxygen atoms in total. The molecule has 0 spiro atoms. The number of hydrogen-bond donors (Lipinski definition) is 0. The van der Waals surface area contributed by atoms with Gasteiger partial charge in [-0.25, -0.2) is 0 Å². The van der Waals surface area contributed by atoms with Crippen LogP contribution in [0.25, 0.3) is 0 Å². The molecule has 1 unspecified atom stereocenters. The number of benzene rings is 1. The minimum absolute atomic E-state index is 0.0730. The smallest absolute Gasteiger partial charge is 0.161 e. The van der Waals surface area contributed by atoms with Crippen molar-refractivity contribution in [2.24, 2.45) is 5.92 Å². The van der Waals surface area contributed by atoms with Gasteiger partial charge >= 0.3 is 0 Å². The minimum atomic E-state index is 0.0730. The number of carbonyl (C=O) groups is 1. The highest BCUT2D eigenvalue weighted by atomic mass is 16.1. The van der Waals surface area contributed by atoms with Gasteiger partial charge in [-0.3, -0.25) is 4.79 Å². The number of rotatable bonds is 4. The lowest BCUT2D eigenvalue weighted by Gasteiger charge is -2.25. The lowest BCUT2D eigenvalue weighted by molar-refractivity contribution is 0.101. The summed E-state index contributed by atoms with van der Waals surface area (Å²) in [5.41, 5.74) is 2.31. The quantitative estimate of drug-likeness (QED) is 0.779. The molecule has 112 valence electrons. The number of ketones is 1. The van der Waals surface area contributed by atoms with E-state index in [1.807, 2.05) is 6.07 Å². The average Bonchev–Trinajstić information content (AvgIpc) is 2.72. The second kappa shape index (κ2) is 7.26. The van der Waals surface area contributed by atoms with Crippen LogP contribution in [0.15, 0.2) is 18.2 Å². The maximum atomic E-state index is 11.9. The third-order valence-corrected chi connectivity index (χ3v) is 4.39. The fourth-order valence-corrected chi connectivity index (χ4v) is 3.26. The Morgan fingerprint density at radius 3 is 2.86 bits per heavy atom. The number of nitriles is 1. The van der Waals surface area contributed by atoms with E-state index in [0.717, 1.165) is 30.3 Å². The van der Waals surface area contributed by atoms with E-state index in [0.29, 0.717) is 5.56 Å². The van der Waals surface area contributed by atoms with E-state index in [2.05, 4.69) is 17.9 Å². The van der Waals surface area contributed by atoms with Gasteiger partial charge in [0, 0.05) is 24.3 Å². The molecule has 1 aliphatic heterocycles. The number of hydrogen-bond acceptors (Lipinski definition) is 3. The molecule has 1 aliphatic rings. The van der Waals surface area contributed by atoms with Crippen LogP contribution in [0, 0.1) is 17.2 Å². The van der Waals surface area contributed by atoms with Gasteiger partial charge in [-0.15, -0.1) is 0 Å². The molecule has 1 aromatic carbocycles. The third kappa shape index (κ3) is 3.85. The van der Waals surface area contributed by atoms with Crippen molar-refractivity contribution in [3.05, 3.63) is 29.3 Å². The molecule has 0 aliphatic carbocycles. The summed E-state index contributed by atoms with van der Waals surface area (Å²) in [6, 6.07) is 7.58. The maximum absolute atomic E-state index is 11.9. The summed E-state index contributed by atoms with van der Waals surface area (Å²) < 4.78 is 0. The minimum Gasteiger partial charge on any atom is -0.371 e. The molecular formula is C18H24N2O. The molecule has 2 rings (SSSR count). The van der Waals surface area contributed by atoms with Crippen molar-refractivity contribution in [3.63, 3.8) is 0 Å². The molecule has 0 aromatic heterocycles. The Balaban J connectivity index is 2.24. The Hall–Kier alpha value is -1.82. The molecule has 0 saturated carbocycles. The zero-order chi connectivity index (χ0) is 15.2. The molecule has 1 heterocycles. The number of carbonyl (C=O) groups excluding carboxylic acids is 1. The highest BCUT2D eigenvalue weighted by Crippen LogP contribution is 2.28. The molecule has 3 heteroatoms. The zero-order valence-electron chi connectivity index (χ0n) is 13.1. The predicted octanol–water partition coefficient (Wildman–Crippen LogP) is 4.17. The Morgan fingerprint density at radius 1 is 1.38 bits per heavy atom. The summed E-state index contributed by atoms with van der Waals surface area (Å²) in [6.45, 7) is 5.81. The van der Waals surface area contributed by atoms with Gasteiger partial charge in [-0.2, -0.15) is 5.26 Å². The summed E-state index contributed by atoms with van der Waals surface area (Å²) in [4.78, 5) is 14.2. The van der Waals surface area contributed by atoms with Gasteiger partial charge in [-0.05, 0) is 50.3 Å². The van der Waals surface area contributed by atoms with E-state index in [1.165, 1.54) is 32.1 Å². The van der Waals surface area contributed by atoms with E-state index < -0.39 is 0 Å². The summed E-state index contributed by atoms with van der Waals surface area (Å²) in [7, 11) is 0. The Morgan fingerprint density at radius 2 is 2.19 bits per heavy atom. The summed E-state index contributed by atoms with van der Waals surface area (Å²) in [5, 5.41) is 9.10. The first-order chi connectivity index (χ1) is 10.2. The topological polar surface area (TPSA) is 44.1 Å². The van der Waals surface area contributed by atoms with E-state index in [4.69, 9.17) is 5.26 Å². The van der Waals surface area contributed by atoms with Gasteiger partial charge in [0.05, 0.1) is 11.6 Å². The second-order valence-corrected chi connectivity index (χ2v) is 5.97. The maximum Gasteiger partial charge on any atom is 0.161 e. The molecule has 0 radical (unpaired) electrons. The van der Waals surface area contributed by atoms with Crippen LogP contribution in [0.2, 0.25) is 0 Å². The normalized spacial score (nSPS) is 18.9. The average molecular weight is 284 g/mol. The van der Waals surface area contributed by atoms with Crippen LogP contribution in [0.3, 0.4) is 0 Å². The molecule has 0 bridgehead atoms. The summed E-state index contributed by atoms with van der Waals surface area (Å²) >= 11 is 0. The first kappa shape index (κ1) is 15.6. The molecule has 0 amide bonds. The molecule has 1 saturated heterocycles. The molecular weight excluding hydrogens is 260 g/mol. The van der Waals surface area contributed by atoms with Crippen molar-refractivity contribution in [2.45, 2.75) is 46.0 Å². The zero-order valence-corrected chi connectivity index (χ0v) is 13.1. The van der Waals surface area contributed by atoms with E-state index in [9.17, 15) is 4.79 Å². The van der Waals surface area contributed by atoms with Crippen LogP contribution in [0.1, 0.15) is 61.9 Å². The van der Waals surface area contributed by atoms with Crippen molar-refractivity contribution >= 4 is 11.5 Å². The fourth-order valence-electron chi connectivity index (χ4n) is 3.26. The van der Waals surface area contributed by atoms with Crippen LogP contribution in [-0.2, 0) is 0 Å². The standard InChI is InChI=1S/C18H24N2O/c1-3-5-15-6-4-10-20(11-9-15)18-12-16(13-19)7-8-17(18)14(2)21/h7-8,12,15H,3-6,9-11H2,1-2H3. The lowest BCUT2D eigenvalue weighted by Crippen LogP contribution is -2.26. The molecule has 1 fully saturated rings. The van der Waals surface area contributed by atoms with Crippen molar-refractivity contribution in [1.29, 1.82) is 5.26 Å². The molecule has 0 N–H and O–H groups in total. The largest absolute Gasteiger partial charge is 0.371 e. The van der Waals surface area contributed by atoms with Gasteiger partial charge in [-0.1, -0.05) is 19.8 Å². The van der Waals surface area contributed by atoms with E-state index in [-0.39, 0.29) is 5.78 Å². The predicted molar refractivity (Wildman–Crippen MR) is 85.6 cm³/mol. The first-order valence-corrected chi connectivity index (χ1v) is 7.95. The fraction of sp³-hybridized carbons (Fsp3) is 0.556. The van der Waals surface area contributed by atoms with Crippen LogP contribution < -0.4 is 4.90 Å². The van der Waals surface area contributed by atoms with Crippen molar-refractivity contribution in [2.75, 3.05) is 18.0 Å². The highest BCUT2D eigenvalue weighted by molar-refractivity contribution is 6.00. The van der Waals surface area contributed by atoms with Gasteiger partial charge < -0.3 is 4.90 Å². The van der Waals surface area contributed by atoms with Crippen molar-refractivity contribution in [1.82, 2.24) is 0 Å². The first-order valence-electron chi connectivity index (χ1n) is 7.95. The van der Waals surface area contributed by atoms with E-state index in [1.54, 1.807) is 19.1 Å². The third-order valence-electron chi connectivity index (χ3n) is 4.39. The highest BCUT2D eigenvalue weighted by Gasteiger charge is 2.20. The van der Waals surface area contributed by atoms with Crippen molar-refractivity contribution in [3.8, 4) is 6.07 Å². The number of Topliss-reactive ketones (excluding diaryl/α,β-unsaturated/α-hetero) is 1. The molecule has 1 atom stereocenters. The summed E-state index contributed by atoms with van der Waals surface area (Å²) in [6.07, 6.45) is 6.16. The van der Waals surface area contributed by atoms with Gasteiger partial charge in [0.25, 0.3) is 0 Å². The SMILES string of the molecule is CCCC1CCCN(c2cc(C#N)ccc2C(C)=O)CC1. The van der Waals surface area contributed by atoms with E-state index >= 15 is 0 Å². The van der Waals surface area contributed by atoms with Gasteiger partial charge in [0.15, 0.2) is 5.78 Å².